The molecule has 0 aliphatic carbocycles. The first-order valence-corrected chi connectivity index (χ1v) is 6.78. The summed E-state index contributed by atoms with van der Waals surface area (Å²) in [7, 11) is 0. The van der Waals surface area contributed by atoms with Gasteiger partial charge in [0.2, 0.25) is 0 Å². The molecule has 1 heterocycles. The number of nitro groups is 1. The minimum Gasteiger partial charge on any atom is -0.329 e. The first-order valence-electron chi connectivity index (χ1n) is 5.98. The lowest BCUT2D eigenvalue weighted by molar-refractivity contribution is -0.385. The summed E-state index contributed by atoms with van der Waals surface area (Å²) in [5.41, 5.74) is 6.81. The highest BCUT2D eigenvalue weighted by molar-refractivity contribution is 9.10. The number of rotatable bonds is 4. The number of likely N-dealkylation sites (tertiary alicyclic amines) is 1. The molecule has 2 N–H and O–H groups in total. The molecule has 0 spiro atoms. The zero-order valence-corrected chi connectivity index (χ0v) is 11.6. The maximum atomic E-state index is 10.9. The van der Waals surface area contributed by atoms with E-state index in [1.54, 1.807) is 12.1 Å². The van der Waals surface area contributed by atoms with Crippen LogP contribution in [0.4, 0.5) is 5.69 Å². The quantitative estimate of drug-likeness (QED) is 0.683. The monoisotopic (exact) mass is 313 g/mol. The van der Waals surface area contributed by atoms with Crippen LogP contribution in [0.25, 0.3) is 0 Å². The molecule has 6 heteroatoms. The Kier molecular flexibility index (Phi) is 4.31. The molecule has 1 atom stereocenters. The summed E-state index contributed by atoms with van der Waals surface area (Å²) < 4.78 is 0.521. The number of halogens is 1. The standard InChI is InChI=1S/C12H16BrN3O2/c13-11-4-3-9(6-12(11)16(17)18)8-15-5-1-2-10(15)7-14/h3-4,6,10H,1-2,5,7-8,14H2. The van der Waals surface area contributed by atoms with Gasteiger partial charge < -0.3 is 5.73 Å². The Hall–Kier alpha value is -0.980. The topological polar surface area (TPSA) is 72.4 Å². The zero-order valence-electron chi connectivity index (χ0n) is 10.0. The van der Waals surface area contributed by atoms with Crippen molar-refractivity contribution in [1.82, 2.24) is 4.90 Å². The molecule has 1 unspecified atom stereocenters. The van der Waals surface area contributed by atoms with Crippen molar-refractivity contribution in [3.05, 3.63) is 38.3 Å². The molecule has 1 aliphatic rings. The second kappa shape index (κ2) is 5.77. The van der Waals surface area contributed by atoms with Crippen LogP contribution in [-0.2, 0) is 6.54 Å². The van der Waals surface area contributed by atoms with Crippen molar-refractivity contribution >= 4 is 21.6 Å². The van der Waals surface area contributed by atoms with Crippen LogP contribution in [0.3, 0.4) is 0 Å². The van der Waals surface area contributed by atoms with Crippen molar-refractivity contribution in [3.63, 3.8) is 0 Å². The minimum atomic E-state index is -0.363. The van der Waals surface area contributed by atoms with Gasteiger partial charge in [0.25, 0.3) is 5.69 Å². The summed E-state index contributed by atoms with van der Waals surface area (Å²) in [6.45, 7) is 2.40. The first-order chi connectivity index (χ1) is 8.61. The van der Waals surface area contributed by atoms with Gasteiger partial charge in [-0.1, -0.05) is 6.07 Å². The number of nitro benzene ring substituents is 1. The van der Waals surface area contributed by atoms with E-state index in [1.165, 1.54) is 0 Å². The third kappa shape index (κ3) is 2.88. The van der Waals surface area contributed by atoms with Crippen LogP contribution >= 0.6 is 15.9 Å². The predicted octanol–water partition coefficient (Wildman–Crippen LogP) is 2.28. The lowest BCUT2D eigenvalue weighted by atomic mass is 10.1. The smallest absolute Gasteiger partial charge is 0.283 e. The highest BCUT2D eigenvalue weighted by atomic mass is 79.9. The molecule has 1 aromatic carbocycles. The van der Waals surface area contributed by atoms with Gasteiger partial charge in [-0.2, -0.15) is 0 Å². The summed E-state index contributed by atoms with van der Waals surface area (Å²) in [6.07, 6.45) is 2.27. The number of nitrogens with zero attached hydrogens (tertiary/aromatic N) is 2. The Morgan fingerprint density at radius 2 is 2.33 bits per heavy atom. The maximum absolute atomic E-state index is 10.9. The highest BCUT2D eigenvalue weighted by Gasteiger charge is 2.23. The van der Waals surface area contributed by atoms with Crippen LogP contribution in [-0.4, -0.2) is 29.0 Å². The Bertz CT molecular complexity index is 453. The molecule has 1 saturated heterocycles. The fraction of sp³-hybridized carbons (Fsp3) is 0.500. The van der Waals surface area contributed by atoms with Gasteiger partial charge in [0.1, 0.15) is 0 Å². The number of hydrogen-bond donors (Lipinski definition) is 1. The molecule has 0 bridgehead atoms. The molecule has 2 rings (SSSR count). The summed E-state index contributed by atoms with van der Waals surface area (Å²) in [5, 5.41) is 10.9. The van der Waals surface area contributed by atoms with Gasteiger partial charge in [-0.05, 0) is 46.9 Å². The second-order valence-corrected chi connectivity index (χ2v) is 5.40. The molecule has 0 amide bonds. The largest absolute Gasteiger partial charge is 0.329 e. The Labute approximate surface area is 114 Å². The van der Waals surface area contributed by atoms with E-state index in [9.17, 15) is 10.1 Å². The third-order valence-corrected chi connectivity index (χ3v) is 4.03. The Morgan fingerprint density at radius 1 is 1.56 bits per heavy atom. The second-order valence-electron chi connectivity index (χ2n) is 4.55. The SMILES string of the molecule is NCC1CCCN1Cc1ccc(Br)c([N+](=O)[O-])c1. The molecule has 98 valence electrons. The summed E-state index contributed by atoms with van der Waals surface area (Å²) in [5.74, 6) is 0. The molecule has 0 radical (unpaired) electrons. The van der Waals surface area contributed by atoms with Crippen LogP contribution < -0.4 is 5.73 Å². The summed E-state index contributed by atoms with van der Waals surface area (Å²) >= 11 is 3.19. The van der Waals surface area contributed by atoms with Crippen molar-refractivity contribution in [2.45, 2.75) is 25.4 Å². The molecular weight excluding hydrogens is 298 g/mol. The van der Waals surface area contributed by atoms with Crippen LogP contribution in [0.2, 0.25) is 0 Å². The van der Waals surface area contributed by atoms with Gasteiger partial charge in [0, 0.05) is 25.2 Å². The maximum Gasteiger partial charge on any atom is 0.283 e. The van der Waals surface area contributed by atoms with E-state index in [-0.39, 0.29) is 10.6 Å². The van der Waals surface area contributed by atoms with E-state index in [4.69, 9.17) is 5.73 Å². The van der Waals surface area contributed by atoms with Crippen LogP contribution in [0.1, 0.15) is 18.4 Å². The number of hydrogen-bond acceptors (Lipinski definition) is 4. The van der Waals surface area contributed by atoms with E-state index in [1.807, 2.05) is 6.07 Å². The van der Waals surface area contributed by atoms with E-state index in [0.29, 0.717) is 17.1 Å². The van der Waals surface area contributed by atoms with Gasteiger partial charge >= 0.3 is 0 Å². The van der Waals surface area contributed by atoms with Crippen molar-refractivity contribution in [1.29, 1.82) is 0 Å². The van der Waals surface area contributed by atoms with Crippen LogP contribution in [0.5, 0.6) is 0 Å². The van der Waals surface area contributed by atoms with Gasteiger partial charge in [-0.15, -0.1) is 0 Å². The Balaban J connectivity index is 2.14. The van der Waals surface area contributed by atoms with E-state index >= 15 is 0 Å². The number of nitrogens with two attached hydrogens (primary N) is 1. The molecule has 0 aromatic heterocycles. The van der Waals surface area contributed by atoms with E-state index < -0.39 is 0 Å². The highest BCUT2D eigenvalue weighted by Crippen LogP contribution is 2.27. The molecule has 1 fully saturated rings. The molecule has 18 heavy (non-hydrogen) atoms. The fourth-order valence-corrected chi connectivity index (χ4v) is 2.79. The van der Waals surface area contributed by atoms with Crippen molar-refractivity contribution < 1.29 is 4.92 Å². The first kappa shape index (κ1) is 13.5. The van der Waals surface area contributed by atoms with Crippen molar-refractivity contribution in [2.24, 2.45) is 5.73 Å². The van der Waals surface area contributed by atoms with Gasteiger partial charge in [0.05, 0.1) is 9.40 Å². The zero-order chi connectivity index (χ0) is 13.1. The normalized spacial score (nSPS) is 20.2. The van der Waals surface area contributed by atoms with E-state index in [0.717, 1.165) is 31.5 Å². The molecule has 1 aromatic rings. The molecular formula is C12H16BrN3O2. The fourth-order valence-electron chi connectivity index (χ4n) is 2.40. The lowest BCUT2D eigenvalue weighted by Gasteiger charge is -2.23. The molecule has 5 nitrogen and oxygen atoms in total. The van der Waals surface area contributed by atoms with Crippen LogP contribution in [0, 0.1) is 10.1 Å². The van der Waals surface area contributed by atoms with Crippen molar-refractivity contribution in [2.75, 3.05) is 13.1 Å². The van der Waals surface area contributed by atoms with Gasteiger partial charge in [0.15, 0.2) is 0 Å². The van der Waals surface area contributed by atoms with Crippen molar-refractivity contribution in [3.8, 4) is 0 Å². The van der Waals surface area contributed by atoms with Gasteiger partial charge in [-0.3, -0.25) is 15.0 Å². The third-order valence-electron chi connectivity index (χ3n) is 3.36. The lowest BCUT2D eigenvalue weighted by Crippen LogP contribution is -2.34. The van der Waals surface area contributed by atoms with E-state index in [2.05, 4.69) is 20.8 Å². The van der Waals surface area contributed by atoms with Gasteiger partial charge in [-0.25, -0.2) is 0 Å². The Morgan fingerprint density at radius 3 is 3.00 bits per heavy atom. The average molecular weight is 314 g/mol. The van der Waals surface area contributed by atoms with Crippen LogP contribution in [0.15, 0.2) is 22.7 Å². The summed E-state index contributed by atoms with van der Waals surface area (Å²) in [4.78, 5) is 12.8. The average Bonchev–Trinajstić information content (AvgIpc) is 2.78. The molecule has 1 aliphatic heterocycles. The molecule has 0 saturated carbocycles. The minimum absolute atomic E-state index is 0.121. The predicted molar refractivity (Wildman–Crippen MR) is 73.3 cm³/mol. The number of benzene rings is 1. The summed E-state index contributed by atoms with van der Waals surface area (Å²) in [6, 6.07) is 5.70.